The first-order chi connectivity index (χ1) is 16.9. The second-order valence-corrected chi connectivity index (χ2v) is 8.70. The molecule has 1 aliphatic heterocycles. The van der Waals surface area contributed by atoms with Crippen LogP contribution in [0.1, 0.15) is 34.5 Å². The van der Waals surface area contributed by atoms with Gasteiger partial charge in [0.05, 0.1) is 5.69 Å². The molecule has 180 valence electrons. The predicted octanol–water partition coefficient (Wildman–Crippen LogP) is 5.18. The number of benzene rings is 2. The molecule has 3 heterocycles. The lowest BCUT2D eigenvalue weighted by Gasteiger charge is -2.32. The van der Waals surface area contributed by atoms with Crippen LogP contribution in [0.25, 0.3) is 5.65 Å². The summed E-state index contributed by atoms with van der Waals surface area (Å²) < 4.78 is 40.5. The number of pyridine rings is 1. The maximum absolute atomic E-state index is 13.9. The van der Waals surface area contributed by atoms with Crippen LogP contribution in [-0.4, -0.2) is 39.4 Å². The second kappa shape index (κ2) is 9.74. The van der Waals surface area contributed by atoms with Crippen molar-refractivity contribution >= 4 is 11.6 Å². The smallest absolute Gasteiger partial charge is 0.253 e. The number of piperidine rings is 1. The number of aromatic nitrogens is 2. The van der Waals surface area contributed by atoms with Gasteiger partial charge in [-0.3, -0.25) is 4.79 Å². The van der Waals surface area contributed by atoms with E-state index < -0.39 is 11.6 Å². The van der Waals surface area contributed by atoms with Crippen LogP contribution in [0.2, 0.25) is 0 Å². The molecule has 8 heteroatoms. The highest BCUT2D eigenvalue weighted by Gasteiger charge is 2.25. The maximum atomic E-state index is 13.9. The van der Waals surface area contributed by atoms with Gasteiger partial charge in [-0.05, 0) is 48.9 Å². The molecule has 0 N–H and O–H groups in total. The molecule has 0 radical (unpaired) electrons. The standard InChI is InChI=1S/C27H25F2N3O3/c1-18-5-8-26-30-21(16-32(26)15-18)17-34-23-4-2-3-19(13-23)27(33)31-11-9-22(10-12-31)35-25-7-6-20(28)14-24(25)29/h2-8,13-16,22H,9-12,17H2,1H3. The summed E-state index contributed by atoms with van der Waals surface area (Å²) in [6, 6.07) is 14.3. The molecule has 1 fully saturated rings. The van der Waals surface area contributed by atoms with Crippen LogP contribution in [0.3, 0.4) is 0 Å². The number of halogens is 2. The van der Waals surface area contributed by atoms with Gasteiger partial charge in [0.25, 0.3) is 5.91 Å². The highest BCUT2D eigenvalue weighted by Crippen LogP contribution is 2.24. The number of nitrogens with zero attached hydrogens (tertiary/aromatic N) is 3. The Bertz CT molecular complexity index is 1360. The van der Waals surface area contributed by atoms with E-state index >= 15 is 0 Å². The highest BCUT2D eigenvalue weighted by atomic mass is 19.1. The fourth-order valence-corrected chi connectivity index (χ4v) is 4.21. The molecule has 0 saturated carbocycles. The first-order valence-electron chi connectivity index (χ1n) is 11.5. The minimum atomic E-state index is -0.723. The van der Waals surface area contributed by atoms with Crippen LogP contribution in [0.5, 0.6) is 11.5 Å². The number of imidazole rings is 1. The molecular weight excluding hydrogens is 452 g/mol. The Morgan fingerprint density at radius 1 is 1.06 bits per heavy atom. The van der Waals surface area contributed by atoms with Crippen molar-refractivity contribution in [3.8, 4) is 11.5 Å². The Morgan fingerprint density at radius 2 is 1.89 bits per heavy atom. The van der Waals surface area contributed by atoms with Crippen molar-refractivity contribution < 1.29 is 23.0 Å². The molecule has 0 spiro atoms. The van der Waals surface area contributed by atoms with E-state index in [2.05, 4.69) is 4.98 Å². The molecule has 1 saturated heterocycles. The molecule has 4 aromatic rings. The van der Waals surface area contributed by atoms with Crippen LogP contribution in [-0.2, 0) is 6.61 Å². The molecular formula is C27H25F2N3O3. The summed E-state index contributed by atoms with van der Waals surface area (Å²) in [4.78, 5) is 19.4. The molecule has 1 amide bonds. The zero-order valence-corrected chi connectivity index (χ0v) is 19.3. The number of rotatable bonds is 6. The summed E-state index contributed by atoms with van der Waals surface area (Å²) in [6.45, 7) is 3.29. The fourth-order valence-electron chi connectivity index (χ4n) is 4.21. The lowest BCUT2D eigenvalue weighted by Crippen LogP contribution is -2.41. The van der Waals surface area contributed by atoms with Crippen molar-refractivity contribution in [3.05, 3.63) is 95.4 Å². The number of carbonyl (C=O) groups excluding carboxylic acids is 1. The van der Waals surface area contributed by atoms with Gasteiger partial charge in [-0.2, -0.15) is 0 Å². The van der Waals surface area contributed by atoms with E-state index in [0.29, 0.717) is 43.9 Å². The number of amides is 1. The van der Waals surface area contributed by atoms with Crippen molar-refractivity contribution in [1.82, 2.24) is 14.3 Å². The van der Waals surface area contributed by atoms with Crippen LogP contribution >= 0.6 is 0 Å². The van der Waals surface area contributed by atoms with Gasteiger partial charge in [0, 0.05) is 50.0 Å². The van der Waals surface area contributed by atoms with E-state index in [4.69, 9.17) is 9.47 Å². The summed E-state index contributed by atoms with van der Waals surface area (Å²) in [5, 5.41) is 0. The Kier molecular flexibility index (Phi) is 6.35. The SMILES string of the molecule is Cc1ccc2nc(COc3cccc(C(=O)N4CCC(Oc5ccc(F)cc5F)CC4)c3)cn2c1. The van der Waals surface area contributed by atoms with E-state index in [1.165, 1.54) is 12.1 Å². The molecule has 0 unspecified atom stereocenters. The van der Waals surface area contributed by atoms with E-state index in [-0.39, 0.29) is 17.8 Å². The minimum Gasteiger partial charge on any atom is -0.487 e. The quantitative estimate of drug-likeness (QED) is 0.384. The van der Waals surface area contributed by atoms with Crippen LogP contribution < -0.4 is 9.47 Å². The third kappa shape index (κ3) is 5.26. The summed E-state index contributed by atoms with van der Waals surface area (Å²) in [6.07, 6.45) is 4.83. The van der Waals surface area contributed by atoms with Crippen molar-refractivity contribution in [1.29, 1.82) is 0 Å². The number of ether oxygens (including phenoxy) is 2. The van der Waals surface area contributed by atoms with Gasteiger partial charge in [0.15, 0.2) is 11.6 Å². The Labute approximate surface area is 201 Å². The Morgan fingerprint density at radius 3 is 2.69 bits per heavy atom. The number of hydrogen-bond acceptors (Lipinski definition) is 4. The predicted molar refractivity (Wildman–Crippen MR) is 127 cm³/mol. The number of hydrogen-bond donors (Lipinski definition) is 0. The maximum Gasteiger partial charge on any atom is 0.253 e. The Balaban J connectivity index is 1.17. The monoisotopic (exact) mass is 477 g/mol. The summed E-state index contributed by atoms with van der Waals surface area (Å²) in [5.41, 5.74) is 3.34. The molecule has 2 aromatic heterocycles. The van der Waals surface area contributed by atoms with Gasteiger partial charge in [0.2, 0.25) is 0 Å². The van der Waals surface area contributed by atoms with Gasteiger partial charge in [-0.15, -0.1) is 0 Å². The average molecular weight is 478 g/mol. The largest absolute Gasteiger partial charge is 0.487 e. The average Bonchev–Trinajstić information content (AvgIpc) is 3.27. The molecule has 35 heavy (non-hydrogen) atoms. The lowest BCUT2D eigenvalue weighted by atomic mass is 10.1. The normalized spacial score (nSPS) is 14.3. The number of likely N-dealkylation sites (tertiary alicyclic amines) is 1. The minimum absolute atomic E-state index is 0.0294. The van der Waals surface area contributed by atoms with E-state index in [1.54, 1.807) is 23.1 Å². The van der Waals surface area contributed by atoms with Gasteiger partial charge in [-0.25, -0.2) is 13.8 Å². The third-order valence-corrected chi connectivity index (χ3v) is 6.03. The van der Waals surface area contributed by atoms with Crippen molar-refractivity contribution in [2.75, 3.05) is 13.1 Å². The Hall–Kier alpha value is -3.94. The molecule has 1 aliphatic rings. The molecule has 2 aromatic carbocycles. The van der Waals surface area contributed by atoms with Crippen LogP contribution in [0.4, 0.5) is 8.78 Å². The zero-order valence-electron chi connectivity index (χ0n) is 19.3. The first-order valence-corrected chi connectivity index (χ1v) is 11.5. The zero-order chi connectivity index (χ0) is 24.4. The van der Waals surface area contributed by atoms with E-state index in [9.17, 15) is 13.6 Å². The molecule has 0 aliphatic carbocycles. The van der Waals surface area contributed by atoms with Crippen molar-refractivity contribution in [2.45, 2.75) is 32.5 Å². The van der Waals surface area contributed by atoms with Gasteiger partial charge in [0.1, 0.15) is 29.9 Å². The van der Waals surface area contributed by atoms with Crippen LogP contribution in [0.15, 0.2) is 67.0 Å². The number of aryl methyl sites for hydroxylation is 1. The highest BCUT2D eigenvalue weighted by molar-refractivity contribution is 5.94. The molecule has 0 bridgehead atoms. The number of carbonyl (C=O) groups is 1. The lowest BCUT2D eigenvalue weighted by molar-refractivity contribution is 0.0587. The summed E-state index contributed by atoms with van der Waals surface area (Å²) in [7, 11) is 0. The topological polar surface area (TPSA) is 56.1 Å². The third-order valence-electron chi connectivity index (χ3n) is 6.03. The molecule has 6 nitrogen and oxygen atoms in total. The van der Waals surface area contributed by atoms with Crippen LogP contribution in [0, 0.1) is 18.6 Å². The summed E-state index contributed by atoms with van der Waals surface area (Å²) >= 11 is 0. The molecule has 5 rings (SSSR count). The fraction of sp³-hybridized carbons (Fsp3) is 0.259. The second-order valence-electron chi connectivity index (χ2n) is 8.70. The van der Waals surface area contributed by atoms with Gasteiger partial charge >= 0.3 is 0 Å². The molecule has 0 atom stereocenters. The van der Waals surface area contributed by atoms with Crippen molar-refractivity contribution in [2.24, 2.45) is 0 Å². The van der Waals surface area contributed by atoms with Gasteiger partial charge in [-0.1, -0.05) is 12.1 Å². The van der Waals surface area contributed by atoms with E-state index in [0.717, 1.165) is 23.0 Å². The summed E-state index contributed by atoms with van der Waals surface area (Å²) in [5.74, 6) is -0.838. The van der Waals surface area contributed by atoms with E-state index in [1.807, 2.05) is 41.9 Å². The van der Waals surface area contributed by atoms with Crippen molar-refractivity contribution in [3.63, 3.8) is 0 Å². The first kappa shape index (κ1) is 22.8. The number of fused-ring (bicyclic) bond motifs is 1. The van der Waals surface area contributed by atoms with Gasteiger partial charge < -0.3 is 18.8 Å².